The second-order valence-electron chi connectivity index (χ2n) is 7.25. The van der Waals surface area contributed by atoms with Crippen molar-refractivity contribution < 1.29 is 14.4 Å². The second-order valence-corrected chi connectivity index (χ2v) is 7.25. The smallest absolute Gasteiger partial charge is 0.312 e. The van der Waals surface area contributed by atoms with Gasteiger partial charge in [-0.2, -0.15) is 0 Å². The van der Waals surface area contributed by atoms with Gasteiger partial charge in [0.25, 0.3) is 5.91 Å². The van der Waals surface area contributed by atoms with Crippen LogP contribution in [0.2, 0.25) is 0 Å². The average Bonchev–Trinajstić information content (AvgIpc) is 3.22. The summed E-state index contributed by atoms with van der Waals surface area (Å²) in [6, 6.07) is 13.2. The zero-order valence-corrected chi connectivity index (χ0v) is 16.5. The third-order valence-electron chi connectivity index (χ3n) is 5.08. The summed E-state index contributed by atoms with van der Waals surface area (Å²) in [4.78, 5) is 38.2. The predicted octanol–water partition coefficient (Wildman–Crippen LogP) is 2.97. The molecule has 0 spiro atoms. The summed E-state index contributed by atoms with van der Waals surface area (Å²) < 4.78 is 0. The van der Waals surface area contributed by atoms with Gasteiger partial charge in [0.1, 0.15) is 0 Å². The highest BCUT2D eigenvalue weighted by molar-refractivity contribution is 5.96. The lowest BCUT2D eigenvalue weighted by molar-refractivity contribution is -0.116. The van der Waals surface area contributed by atoms with Crippen LogP contribution in [0.15, 0.2) is 48.5 Å². The van der Waals surface area contributed by atoms with E-state index in [0.29, 0.717) is 11.3 Å². The van der Waals surface area contributed by atoms with Gasteiger partial charge in [-0.05, 0) is 55.2 Å². The van der Waals surface area contributed by atoms with E-state index in [-0.39, 0.29) is 18.2 Å². The number of carbonyl (C=O) groups is 3. The van der Waals surface area contributed by atoms with E-state index >= 15 is 0 Å². The van der Waals surface area contributed by atoms with E-state index in [0.717, 1.165) is 37.1 Å². The Morgan fingerprint density at radius 1 is 1.03 bits per heavy atom. The van der Waals surface area contributed by atoms with Gasteiger partial charge in [-0.3, -0.25) is 9.59 Å². The molecular weight excluding hydrogens is 368 g/mol. The fourth-order valence-electron chi connectivity index (χ4n) is 3.58. The molecular formula is C22H26N4O3. The number of primary amides is 1. The van der Waals surface area contributed by atoms with Crippen molar-refractivity contribution in [1.29, 1.82) is 0 Å². The molecule has 7 heteroatoms. The van der Waals surface area contributed by atoms with Crippen molar-refractivity contribution >= 4 is 23.5 Å². The Bertz CT molecular complexity index is 889. The number of nitrogens with two attached hydrogens (primary N) is 1. The first kappa shape index (κ1) is 20.4. The highest BCUT2D eigenvalue weighted by atomic mass is 16.2. The molecule has 2 aromatic rings. The number of anilines is 1. The van der Waals surface area contributed by atoms with E-state index < -0.39 is 12.1 Å². The molecule has 0 saturated carbocycles. The molecule has 0 radical (unpaired) electrons. The molecule has 1 aliphatic rings. The number of amides is 4. The van der Waals surface area contributed by atoms with E-state index in [9.17, 15) is 14.4 Å². The molecule has 1 fully saturated rings. The molecule has 4 N–H and O–H groups in total. The van der Waals surface area contributed by atoms with Gasteiger partial charge in [-0.1, -0.05) is 24.3 Å². The first-order chi connectivity index (χ1) is 13.9. The quantitative estimate of drug-likeness (QED) is 0.701. The summed E-state index contributed by atoms with van der Waals surface area (Å²) in [6.07, 6.45) is 2.13. The van der Waals surface area contributed by atoms with Gasteiger partial charge in [-0.25, -0.2) is 4.79 Å². The minimum absolute atomic E-state index is 0.0191. The van der Waals surface area contributed by atoms with Crippen LogP contribution < -0.4 is 16.4 Å². The second kappa shape index (κ2) is 9.23. The summed E-state index contributed by atoms with van der Waals surface area (Å²) in [5, 5.41) is 5.45. The number of likely N-dealkylation sites (tertiary alicyclic amines) is 1. The molecule has 1 saturated heterocycles. The maximum absolute atomic E-state index is 12.5. The summed E-state index contributed by atoms with van der Waals surface area (Å²) in [7, 11) is 0. The van der Waals surface area contributed by atoms with Crippen molar-refractivity contribution in [3.63, 3.8) is 0 Å². The molecule has 1 atom stereocenters. The summed E-state index contributed by atoms with van der Waals surface area (Å²) in [6.45, 7) is 3.51. The Morgan fingerprint density at radius 3 is 2.31 bits per heavy atom. The number of benzene rings is 2. The fraction of sp³-hybridized carbons (Fsp3) is 0.318. The van der Waals surface area contributed by atoms with Gasteiger partial charge in [0.2, 0.25) is 5.91 Å². The van der Waals surface area contributed by atoms with E-state index in [1.54, 1.807) is 24.3 Å². The standard InChI is InChI=1S/C22H26N4O3/c1-15-6-2-3-7-18(15)19(25-22(23)29)14-20(27)24-17-10-8-16(9-11-17)21(28)26-12-4-5-13-26/h2-3,6-11,19H,4-5,12-14H2,1H3,(H,24,27)(H3,23,25,29). The number of hydrogen-bond donors (Lipinski definition) is 3. The normalized spacial score (nSPS) is 14.3. The number of nitrogens with one attached hydrogen (secondary N) is 2. The molecule has 0 aliphatic carbocycles. The Hall–Kier alpha value is -3.35. The van der Waals surface area contributed by atoms with Gasteiger partial charge in [0, 0.05) is 24.3 Å². The molecule has 0 bridgehead atoms. The summed E-state index contributed by atoms with van der Waals surface area (Å²) in [5.41, 5.74) is 8.29. The molecule has 1 aliphatic heterocycles. The monoisotopic (exact) mass is 394 g/mol. The third-order valence-corrected chi connectivity index (χ3v) is 5.08. The topological polar surface area (TPSA) is 105 Å². The summed E-state index contributed by atoms with van der Waals surface area (Å²) >= 11 is 0. The first-order valence-electron chi connectivity index (χ1n) is 9.74. The SMILES string of the molecule is Cc1ccccc1C(CC(=O)Nc1ccc(C(=O)N2CCCC2)cc1)NC(N)=O. The number of carbonyl (C=O) groups excluding carboxylic acids is 3. The van der Waals surface area contributed by atoms with E-state index in [2.05, 4.69) is 10.6 Å². The minimum atomic E-state index is -0.684. The van der Waals surface area contributed by atoms with E-state index in [1.807, 2.05) is 36.1 Å². The largest absolute Gasteiger partial charge is 0.352 e. The van der Waals surface area contributed by atoms with Gasteiger partial charge in [0.05, 0.1) is 12.5 Å². The maximum atomic E-state index is 12.5. The number of rotatable bonds is 6. The Balaban J connectivity index is 1.64. The van der Waals surface area contributed by atoms with Crippen LogP contribution in [0.1, 0.15) is 46.8 Å². The van der Waals surface area contributed by atoms with Gasteiger partial charge >= 0.3 is 6.03 Å². The van der Waals surface area contributed by atoms with Crippen molar-refractivity contribution in [3.05, 3.63) is 65.2 Å². The number of aryl methyl sites for hydroxylation is 1. The minimum Gasteiger partial charge on any atom is -0.352 e. The van der Waals surface area contributed by atoms with Crippen molar-refractivity contribution in [2.24, 2.45) is 5.73 Å². The van der Waals surface area contributed by atoms with Crippen LogP contribution in [0.5, 0.6) is 0 Å². The van der Waals surface area contributed by atoms with Crippen LogP contribution in [0.4, 0.5) is 10.5 Å². The Morgan fingerprint density at radius 2 is 1.69 bits per heavy atom. The lowest BCUT2D eigenvalue weighted by Gasteiger charge is -2.20. The van der Waals surface area contributed by atoms with Crippen molar-refractivity contribution in [2.45, 2.75) is 32.2 Å². The van der Waals surface area contributed by atoms with Crippen LogP contribution in [0, 0.1) is 6.92 Å². The molecule has 2 aromatic carbocycles. The van der Waals surface area contributed by atoms with Crippen LogP contribution in [-0.4, -0.2) is 35.8 Å². The lowest BCUT2D eigenvalue weighted by atomic mass is 9.98. The maximum Gasteiger partial charge on any atom is 0.312 e. The van der Waals surface area contributed by atoms with Crippen LogP contribution >= 0.6 is 0 Å². The van der Waals surface area contributed by atoms with Crippen molar-refractivity contribution in [3.8, 4) is 0 Å². The molecule has 7 nitrogen and oxygen atoms in total. The van der Waals surface area contributed by atoms with Crippen molar-refractivity contribution in [1.82, 2.24) is 10.2 Å². The summed E-state index contributed by atoms with van der Waals surface area (Å²) in [5.74, 6) is -0.240. The van der Waals surface area contributed by atoms with Crippen LogP contribution in [0.25, 0.3) is 0 Å². The van der Waals surface area contributed by atoms with Crippen LogP contribution in [-0.2, 0) is 4.79 Å². The molecule has 4 amide bonds. The molecule has 1 unspecified atom stereocenters. The number of nitrogens with zero attached hydrogens (tertiary/aromatic N) is 1. The first-order valence-corrected chi connectivity index (χ1v) is 9.74. The molecule has 152 valence electrons. The number of hydrogen-bond acceptors (Lipinski definition) is 3. The molecule has 29 heavy (non-hydrogen) atoms. The molecule has 1 heterocycles. The highest BCUT2D eigenvalue weighted by Gasteiger charge is 2.21. The van der Waals surface area contributed by atoms with Gasteiger partial charge < -0.3 is 21.3 Å². The highest BCUT2D eigenvalue weighted by Crippen LogP contribution is 2.22. The lowest BCUT2D eigenvalue weighted by Crippen LogP contribution is -2.35. The van der Waals surface area contributed by atoms with Gasteiger partial charge in [0.15, 0.2) is 0 Å². The van der Waals surface area contributed by atoms with Gasteiger partial charge in [-0.15, -0.1) is 0 Å². The Kier molecular flexibility index (Phi) is 6.49. The third kappa shape index (κ3) is 5.34. The molecule has 3 rings (SSSR count). The average molecular weight is 394 g/mol. The fourth-order valence-corrected chi connectivity index (χ4v) is 3.58. The van der Waals surface area contributed by atoms with Crippen LogP contribution in [0.3, 0.4) is 0 Å². The Labute approximate surface area is 170 Å². The molecule has 0 aromatic heterocycles. The van der Waals surface area contributed by atoms with E-state index in [1.165, 1.54) is 0 Å². The zero-order chi connectivity index (χ0) is 20.8. The number of urea groups is 1. The van der Waals surface area contributed by atoms with E-state index in [4.69, 9.17) is 5.73 Å². The van der Waals surface area contributed by atoms with Crippen molar-refractivity contribution in [2.75, 3.05) is 18.4 Å². The zero-order valence-electron chi connectivity index (χ0n) is 16.5. The predicted molar refractivity (Wildman–Crippen MR) is 111 cm³/mol.